The van der Waals surface area contributed by atoms with Crippen molar-refractivity contribution in [2.75, 3.05) is 0 Å². The van der Waals surface area contributed by atoms with E-state index in [1.165, 1.54) is 0 Å². The van der Waals surface area contributed by atoms with Gasteiger partial charge in [0.05, 0.1) is 22.3 Å². The summed E-state index contributed by atoms with van der Waals surface area (Å²) in [5.41, 5.74) is 1.88. The van der Waals surface area contributed by atoms with Gasteiger partial charge in [0.15, 0.2) is 16.6 Å². The first kappa shape index (κ1) is 37.5. The van der Waals surface area contributed by atoms with Crippen molar-refractivity contribution in [2.45, 2.75) is 53.1 Å². The van der Waals surface area contributed by atoms with Gasteiger partial charge < -0.3 is 8.85 Å². The van der Waals surface area contributed by atoms with Gasteiger partial charge in [0.2, 0.25) is 0 Å². The van der Waals surface area contributed by atoms with E-state index in [-0.39, 0.29) is 23.6 Å². The molecule has 2 N–H and O–H groups in total. The Morgan fingerprint density at radius 2 is 0.652 bits per heavy atom. The monoisotopic (exact) mass is 656 g/mol. The second-order valence-electron chi connectivity index (χ2n) is 11.7. The number of ether oxygens (including phenoxy) is 1. The van der Waals surface area contributed by atoms with Gasteiger partial charge in [-0.25, -0.2) is 0 Å². The van der Waals surface area contributed by atoms with Gasteiger partial charge in [-0.2, -0.15) is 0 Å². The largest absolute Gasteiger partial charge is 0.457 e. The summed E-state index contributed by atoms with van der Waals surface area (Å²) in [6, 6.07) is 33.0. The van der Waals surface area contributed by atoms with Crippen LogP contribution in [0.4, 0.5) is 0 Å². The van der Waals surface area contributed by atoms with Crippen LogP contribution in [0.5, 0.6) is 11.5 Å². The molecule has 0 atom stereocenters. The van der Waals surface area contributed by atoms with Gasteiger partial charge in [0.25, 0.3) is 23.6 Å². The van der Waals surface area contributed by atoms with Crippen molar-refractivity contribution in [2.24, 2.45) is 0 Å². The van der Waals surface area contributed by atoms with Gasteiger partial charge in [0, 0.05) is 0 Å². The predicted molar refractivity (Wildman–Crippen MR) is 189 cm³/mol. The lowest BCUT2D eigenvalue weighted by Crippen LogP contribution is -2.39. The van der Waals surface area contributed by atoms with E-state index in [1.807, 2.05) is 74.5 Å². The van der Waals surface area contributed by atoms with Gasteiger partial charge >= 0.3 is 0 Å². The third kappa shape index (κ3) is 12.8. The SMILES string of the molecule is CC.C[Si](C)(C)O[Si](C)(C)C.O=C1NC(=O)c2ccccc21.O=C1NC(=O)c2ccccc21.c1ccc(Oc2ccccc2)cc1. The molecule has 0 bridgehead atoms. The summed E-state index contributed by atoms with van der Waals surface area (Å²) in [7, 11) is -2.46. The third-order valence-electron chi connectivity index (χ3n) is 5.62. The molecule has 0 radical (unpaired) electrons. The number of carbonyl (C=O) groups excluding carboxylic acids is 4. The van der Waals surface area contributed by atoms with Crippen molar-refractivity contribution in [3.8, 4) is 11.5 Å². The maximum Gasteiger partial charge on any atom is 0.258 e. The third-order valence-corrected chi connectivity index (χ3v) is 10.5. The van der Waals surface area contributed by atoms with Crippen LogP contribution in [0.25, 0.3) is 0 Å². The highest BCUT2D eigenvalue weighted by atomic mass is 28.4. The van der Waals surface area contributed by atoms with Crippen molar-refractivity contribution in [3.05, 3.63) is 131 Å². The maximum atomic E-state index is 10.9. The van der Waals surface area contributed by atoms with E-state index in [0.29, 0.717) is 22.3 Å². The first-order chi connectivity index (χ1) is 21.7. The molecule has 0 unspecified atom stereocenters. The first-order valence-corrected chi connectivity index (χ1v) is 21.9. The highest BCUT2D eigenvalue weighted by Crippen LogP contribution is 2.19. The van der Waals surface area contributed by atoms with Crippen molar-refractivity contribution >= 4 is 40.3 Å². The number of rotatable bonds is 4. The molecule has 0 saturated carbocycles. The van der Waals surface area contributed by atoms with E-state index < -0.39 is 16.6 Å². The second-order valence-corrected chi connectivity index (χ2v) is 21.0. The number of hydrogen-bond acceptors (Lipinski definition) is 6. The average molecular weight is 657 g/mol. The van der Waals surface area contributed by atoms with E-state index in [1.54, 1.807) is 48.5 Å². The van der Waals surface area contributed by atoms with Crippen molar-refractivity contribution in [1.82, 2.24) is 10.6 Å². The van der Waals surface area contributed by atoms with Crippen molar-refractivity contribution < 1.29 is 28.0 Å². The molecular weight excluding hydrogens is 613 g/mol. The highest BCUT2D eigenvalue weighted by Gasteiger charge is 2.26. The topological polar surface area (TPSA) is 111 Å². The molecule has 4 aromatic rings. The zero-order chi connectivity index (χ0) is 34.3. The number of para-hydroxylation sites is 2. The Balaban J connectivity index is 0.000000211. The fraction of sp³-hybridized carbons (Fsp3) is 0.222. The molecule has 4 aromatic carbocycles. The number of hydrogen-bond donors (Lipinski definition) is 2. The van der Waals surface area contributed by atoms with Gasteiger partial charge in [-0.15, -0.1) is 0 Å². The van der Waals surface area contributed by atoms with Crippen LogP contribution >= 0.6 is 0 Å². The molecule has 0 spiro atoms. The maximum absolute atomic E-state index is 10.9. The van der Waals surface area contributed by atoms with Crippen LogP contribution in [-0.4, -0.2) is 40.3 Å². The van der Waals surface area contributed by atoms with Crippen molar-refractivity contribution in [3.63, 3.8) is 0 Å². The highest BCUT2D eigenvalue weighted by molar-refractivity contribution is 6.83. The fourth-order valence-corrected chi connectivity index (χ4v) is 11.6. The smallest absolute Gasteiger partial charge is 0.258 e. The molecule has 4 amide bonds. The van der Waals surface area contributed by atoms with Crippen LogP contribution in [0.3, 0.4) is 0 Å². The lowest BCUT2D eigenvalue weighted by Gasteiger charge is -2.27. The molecule has 2 aliphatic heterocycles. The Hall–Kier alpha value is -4.65. The van der Waals surface area contributed by atoms with Crippen LogP contribution in [-0.2, 0) is 4.12 Å². The summed E-state index contributed by atoms with van der Waals surface area (Å²) in [5.74, 6) is 0.537. The average Bonchev–Trinajstić information content (AvgIpc) is 3.48. The first-order valence-electron chi connectivity index (χ1n) is 15.1. The van der Waals surface area contributed by atoms with Crippen LogP contribution in [0.15, 0.2) is 109 Å². The van der Waals surface area contributed by atoms with Gasteiger partial charge in [0.1, 0.15) is 11.5 Å². The number of nitrogens with one attached hydrogen (secondary N) is 2. The molecule has 8 nitrogen and oxygen atoms in total. The van der Waals surface area contributed by atoms with E-state index in [4.69, 9.17) is 8.85 Å². The Morgan fingerprint density at radius 3 is 0.870 bits per heavy atom. The Morgan fingerprint density at radius 1 is 0.413 bits per heavy atom. The lowest BCUT2D eigenvalue weighted by molar-refractivity contribution is 0.0863. The molecule has 2 heterocycles. The molecule has 0 fully saturated rings. The predicted octanol–water partition coefficient (Wildman–Crippen LogP) is 8.32. The second kappa shape index (κ2) is 17.7. The number of fused-ring (bicyclic) bond motifs is 2. The van der Waals surface area contributed by atoms with Crippen LogP contribution in [0.1, 0.15) is 55.3 Å². The summed E-state index contributed by atoms with van der Waals surface area (Å²) in [6.45, 7) is 17.4. The Labute approximate surface area is 274 Å². The molecule has 6 rings (SSSR count). The minimum Gasteiger partial charge on any atom is -0.457 e. The van der Waals surface area contributed by atoms with E-state index in [2.05, 4.69) is 49.9 Å². The van der Waals surface area contributed by atoms with E-state index >= 15 is 0 Å². The van der Waals surface area contributed by atoms with Crippen LogP contribution in [0, 0.1) is 0 Å². The lowest BCUT2D eigenvalue weighted by atomic mass is 10.1. The Bertz CT molecular complexity index is 1410. The van der Waals surface area contributed by atoms with Gasteiger partial charge in [-0.3, -0.25) is 29.8 Å². The van der Waals surface area contributed by atoms with Gasteiger partial charge in [-0.05, 0) is 87.8 Å². The molecule has 46 heavy (non-hydrogen) atoms. The summed E-state index contributed by atoms with van der Waals surface area (Å²) >= 11 is 0. The standard InChI is InChI=1S/C12H10O.2C8H5NO2.C6H18OSi2.C2H6/c1-3-7-11(8-4-1)13-12-9-5-2-6-10-12;2*10-7-5-3-1-2-4-6(5)8(11)9-7;1-8(2,3)7-9(4,5)6;1-2/h1-10H;2*1-4H,(H,9,10,11);1-6H3;1-2H3. The number of carbonyl (C=O) groups is 4. The summed E-state index contributed by atoms with van der Waals surface area (Å²) in [6.07, 6.45) is 0. The summed E-state index contributed by atoms with van der Waals surface area (Å²) < 4.78 is 11.5. The molecule has 2 aliphatic rings. The summed E-state index contributed by atoms with van der Waals surface area (Å²) in [4.78, 5) is 43.8. The van der Waals surface area contributed by atoms with E-state index in [9.17, 15) is 19.2 Å². The van der Waals surface area contributed by atoms with Crippen molar-refractivity contribution in [1.29, 1.82) is 0 Å². The normalized spacial score (nSPS) is 12.5. The molecule has 10 heteroatoms. The van der Waals surface area contributed by atoms with Crippen LogP contribution in [0.2, 0.25) is 39.3 Å². The molecule has 242 valence electrons. The zero-order valence-corrected chi connectivity index (χ0v) is 29.8. The minimum atomic E-state index is -1.23. The fourth-order valence-electron chi connectivity index (χ4n) is 4.27. The van der Waals surface area contributed by atoms with Crippen LogP contribution < -0.4 is 15.4 Å². The molecule has 0 saturated heterocycles. The number of benzene rings is 4. The summed E-state index contributed by atoms with van der Waals surface area (Å²) in [5, 5.41) is 4.41. The minimum absolute atomic E-state index is 0.300. The molecular formula is C36H44N2O6Si2. The number of amides is 4. The zero-order valence-electron chi connectivity index (χ0n) is 27.8. The number of imide groups is 2. The Kier molecular flexibility index (Phi) is 14.5. The van der Waals surface area contributed by atoms with E-state index in [0.717, 1.165) is 11.5 Å². The molecule has 0 aromatic heterocycles. The van der Waals surface area contributed by atoms with Gasteiger partial charge in [-0.1, -0.05) is 74.5 Å². The molecule has 0 aliphatic carbocycles. The quantitative estimate of drug-likeness (QED) is 0.169.